The first kappa shape index (κ1) is 14.3. The molecule has 1 amide bonds. The number of nitrogen functional groups attached to an aromatic ring is 1. The Morgan fingerprint density at radius 3 is 3.00 bits per heavy atom. The van der Waals surface area contributed by atoms with E-state index in [1.54, 1.807) is 44.6 Å². The third kappa shape index (κ3) is 3.45. The Labute approximate surface area is 121 Å². The normalized spacial score (nSPS) is 11.9. The number of carbonyl (C=O) groups is 1. The highest BCUT2D eigenvalue weighted by Crippen LogP contribution is 2.28. The van der Waals surface area contributed by atoms with Crippen LogP contribution in [0.5, 0.6) is 5.75 Å². The zero-order valence-electron chi connectivity index (χ0n) is 11.2. The molecular weight excluding hydrogens is 276 g/mol. The van der Waals surface area contributed by atoms with Gasteiger partial charge in [0.05, 0.1) is 18.0 Å². The number of H-pyrrole nitrogens is 1. The molecule has 20 heavy (non-hydrogen) atoms. The van der Waals surface area contributed by atoms with E-state index in [0.717, 1.165) is 0 Å². The summed E-state index contributed by atoms with van der Waals surface area (Å²) in [6.45, 7) is 1.81. The predicted molar refractivity (Wildman–Crippen MR) is 79.9 cm³/mol. The van der Waals surface area contributed by atoms with E-state index in [1.165, 1.54) is 11.8 Å². The topological polar surface area (TPSA) is 93.0 Å². The average Bonchev–Trinajstić information content (AvgIpc) is 2.91. The number of aromatic nitrogens is 2. The van der Waals surface area contributed by atoms with Crippen molar-refractivity contribution in [3.8, 4) is 5.75 Å². The van der Waals surface area contributed by atoms with Crippen molar-refractivity contribution < 1.29 is 9.53 Å². The second kappa shape index (κ2) is 6.33. The Hall–Kier alpha value is -2.15. The van der Waals surface area contributed by atoms with Crippen LogP contribution in [-0.4, -0.2) is 28.2 Å². The molecule has 2 aromatic rings. The van der Waals surface area contributed by atoms with E-state index < -0.39 is 0 Å². The molecule has 6 nitrogen and oxygen atoms in total. The van der Waals surface area contributed by atoms with Gasteiger partial charge in [0, 0.05) is 18.1 Å². The number of aromatic amines is 1. The van der Waals surface area contributed by atoms with Crippen LogP contribution in [-0.2, 0) is 4.79 Å². The molecule has 0 aliphatic rings. The quantitative estimate of drug-likeness (QED) is 0.580. The van der Waals surface area contributed by atoms with Crippen LogP contribution < -0.4 is 15.8 Å². The molecule has 1 heterocycles. The van der Waals surface area contributed by atoms with Gasteiger partial charge in [0.15, 0.2) is 5.16 Å². The fraction of sp³-hybridized carbons (Fsp3) is 0.231. The summed E-state index contributed by atoms with van der Waals surface area (Å²) < 4.78 is 5.19. The van der Waals surface area contributed by atoms with Crippen LogP contribution in [0.1, 0.15) is 6.92 Å². The number of rotatable bonds is 5. The monoisotopic (exact) mass is 292 g/mol. The molecule has 0 fully saturated rings. The minimum absolute atomic E-state index is 0.143. The van der Waals surface area contributed by atoms with Crippen molar-refractivity contribution in [2.45, 2.75) is 17.3 Å². The zero-order valence-corrected chi connectivity index (χ0v) is 12.0. The summed E-state index contributed by atoms with van der Waals surface area (Å²) >= 11 is 1.34. The number of hydrogen-bond acceptors (Lipinski definition) is 5. The van der Waals surface area contributed by atoms with Gasteiger partial charge < -0.3 is 20.8 Å². The number of imidazole rings is 1. The highest BCUT2D eigenvalue weighted by atomic mass is 32.2. The standard InChI is InChI=1S/C13H16N4O2S/c1-8(20-13-15-5-6-16-13)12(18)17-10-7-9(14)3-4-11(10)19-2/h3-8H,14H2,1-2H3,(H,15,16)(H,17,18). The molecule has 0 saturated carbocycles. The Bertz CT molecular complexity index is 586. The molecule has 4 N–H and O–H groups in total. The van der Waals surface area contributed by atoms with Gasteiger partial charge in [0.2, 0.25) is 5.91 Å². The first-order valence-corrected chi connectivity index (χ1v) is 6.88. The van der Waals surface area contributed by atoms with E-state index in [-0.39, 0.29) is 11.2 Å². The van der Waals surface area contributed by atoms with Gasteiger partial charge in [-0.3, -0.25) is 4.79 Å². The van der Waals surface area contributed by atoms with Crippen molar-refractivity contribution in [3.05, 3.63) is 30.6 Å². The van der Waals surface area contributed by atoms with Gasteiger partial charge in [0.1, 0.15) is 5.75 Å². The summed E-state index contributed by atoms with van der Waals surface area (Å²) in [4.78, 5) is 19.2. The van der Waals surface area contributed by atoms with E-state index in [4.69, 9.17) is 10.5 Å². The van der Waals surface area contributed by atoms with Gasteiger partial charge >= 0.3 is 0 Å². The Balaban J connectivity index is 2.05. The van der Waals surface area contributed by atoms with Crippen molar-refractivity contribution in [3.63, 3.8) is 0 Å². The van der Waals surface area contributed by atoms with Gasteiger partial charge in [-0.05, 0) is 25.1 Å². The van der Waals surface area contributed by atoms with Crippen LogP contribution >= 0.6 is 11.8 Å². The van der Waals surface area contributed by atoms with Crippen molar-refractivity contribution in [2.75, 3.05) is 18.2 Å². The molecule has 2 rings (SSSR count). The minimum Gasteiger partial charge on any atom is -0.495 e. The molecule has 1 aromatic carbocycles. The van der Waals surface area contributed by atoms with E-state index in [1.807, 2.05) is 0 Å². The second-order valence-electron chi connectivity index (χ2n) is 4.10. The third-order valence-corrected chi connectivity index (χ3v) is 3.63. The lowest BCUT2D eigenvalue weighted by Crippen LogP contribution is -2.22. The summed E-state index contributed by atoms with van der Waals surface area (Å²) in [5, 5.41) is 3.21. The molecule has 1 aromatic heterocycles. The number of hydrogen-bond donors (Lipinski definition) is 3. The van der Waals surface area contributed by atoms with E-state index in [2.05, 4.69) is 15.3 Å². The number of amides is 1. The van der Waals surface area contributed by atoms with Crippen LogP contribution in [0.4, 0.5) is 11.4 Å². The number of nitrogens with zero attached hydrogens (tertiary/aromatic N) is 1. The number of carbonyl (C=O) groups excluding carboxylic acids is 1. The molecule has 1 unspecified atom stereocenters. The fourth-order valence-corrected chi connectivity index (χ4v) is 2.35. The van der Waals surface area contributed by atoms with Crippen molar-refractivity contribution in [1.82, 2.24) is 9.97 Å². The van der Waals surface area contributed by atoms with Crippen molar-refractivity contribution in [1.29, 1.82) is 0 Å². The lowest BCUT2D eigenvalue weighted by Gasteiger charge is -2.13. The molecule has 0 saturated heterocycles. The van der Waals surface area contributed by atoms with Gasteiger partial charge in [-0.15, -0.1) is 0 Å². The maximum Gasteiger partial charge on any atom is 0.237 e. The number of thioether (sulfide) groups is 1. The fourth-order valence-electron chi connectivity index (χ4n) is 1.59. The summed E-state index contributed by atoms with van der Waals surface area (Å²) in [6.07, 6.45) is 3.36. The second-order valence-corrected chi connectivity index (χ2v) is 5.43. The molecule has 0 bridgehead atoms. The van der Waals surface area contributed by atoms with Crippen LogP contribution in [0, 0.1) is 0 Å². The van der Waals surface area contributed by atoms with Gasteiger partial charge in [-0.2, -0.15) is 0 Å². The Kier molecular flexibility index (Phi) is 4.52. The van der Waals surface area contributed by atoms with Gasteiger partial charge in [-0.1, -0.05) is 11.8 Å². The largest absolute Gasteiger partial charge is 0.495 e. The van der Waals surface area contributed by atoms with E-state index >= 15 is 0 Å². The summed E-state index contributed by atoms with van der Waals surface area (Å²) in [5.74, 6) is 0.429. The van der Waals surface area contributed by atoms with Gasteiger partial charge in [-0.25, -0.2) is 4.98 Å². The van der Waals surface area contributed by atoms with Crippen molar-refractivity contribution >= 4 is 29.0 Å². The number of nitrogens with one attached hydrogen (secondary N) is 2. The molecule has 7 heteroatoms. The van der Waals surface area contributed by atoms with Crippen LogP contribution in [0.25, 0.3) is 0 Å². The van der Waals surface area contributed by atoms with Crippen LogP contribution in [0.15, 0.2) is 35.7 Å². The molecule has 106 valence electrons. The predicted octanol–water partition coefficient (Wildman–Crippen LogP) is 2.12. The van der Waals surface area contributed by atoms with Crippen LogP contribution in [0.3, 0.4) is 0 Å². The maximum absolute atomic E-state index is 12.1. The molecule has 0 aliphatic carbocycles. The summed E-state index contributed by atoms with van der Waals surface area (Å²) in [7, 11) is 1.54. The number of methoxy groups -OCH3 is 1. The first-order valence-electron chi connectivity index (χ1n) is 6.00. The maximum atomic E-state index is 12.1. The zero-order chi connectivity index (χ0) is 14.5. The van der Waals surface area contributed by atoms with Crippen molar-refractivity contribution in [2.24, 2.45) is 0 Å². The Morgan fingerprint density at radius 2 is 2.35 bits per heavy atom. The van der Waals surface area contributed by atoms with Crippen LogP contribution in [0.2, 0.25) is 0 Å². The molecule has 0 spiro atoms. The Morgan fingerprint density at radius 1 is 1.55 bits per heavy atom. The smallest absolute Gasteiger partial charge is 0.237 e. The SMILES string of the molecule is COc1ccc(N)cc1NC(=O)C(C)Sc1ncc[nH]1. The average molecular weight is 292 g/mol. The third-order valence-electron chi connectivity index (χ3n) is 2.61. The van der Waals surface area contributed by atoms with E-state index in [0.29, 0.717) is 22.3 Å². The van der Waals surface area contributed by atoms with E-state index in [9.17, 15) is 4.79 Å². The summed E-state index contributed by atoms with van der Waals surface area (Å²) in [6, 6.07) is 5.10. The number of anilines is 2. The lowest BCUT2D eigenvalue weighted by molar-refractivity contribution is -0.115. The first-order chi connectivity index (χ1) is 9.60. The number of nitrogens with two attached hydrogens (primary N) is 1. The molecule has 0 radical (unpaired) electrons. The lowest BCUT2D eigenvalue weighted by atomic mass is 10.2. The van der Waals surface area contributed by atoms with Gasteiger partial charge in [0.25, 0.3) is 0 Å². The highest BCUT2D eigenvalue weighted by molar-refractivity contribution is 8.00. The summed E-state index contributed by atoms with van der Waals surface area (Å²) in [5.41, 5.74) is 6.84. The molecule has 0 aliphatic heterocycles. The molecular formula is C13H16N4O2S. The number of ether oxygens (including phenoxy) is 1. The molecule has 1 atom stereocenters. The number of benzene rings is 1. The highest BCUT2D eigenvalue weighted by Gasteiger charge is 2.17. The minimum atomic E-state index is -0.299.